The summed E-state index contributed by atoms with van der Waals surface area (Å²) in [5, 5.41) is 12.3. The largest absolute Gasteiger partial charge is 0.497 e. The maximum absolute atomic E-state index is 12.5. The topological polar surface area (TPSA) is 78.3 Å². The van der Waals surface area contributed by atoms with Crippen LogP contribution < -0.4 is 14.8 Å². The molecule has 0 aliphatic carbocycles. The molecule has 1 aromatic heterocycles. The first-order chi connectivity index (χ1) is 15.3. The van der Waals surface area contributed by atoms with E-state index in [1.165, 1.54) is 11.8 Å². The second-order valence-corrected chi connectivity index (χ2v) is 9.34. The molecule has 0 radical (unpaired) electrons. The third-order valence-corrected chi connectivity index (χ3v) is 6.55. The van der Waals surface area contributed by atoms with Crippen LogP contribution in [0.1, 0.15) is 44.3 Å². The minimum Gasteiger partial charge on any atom is -0.497 e. The van der Waals surface area contributed by atoms with Crippen molar-refractivity contribution in [3.8, 4) is 11.5 Å². The highest BCUT2D eigenvalue weighted by molar-refractivity contribution is 9.10. The number of ether oxygens (including phenoxy) is 2. The molecular formula is C23H27BrN4O3S. The van der Waals surface area contributed by atoms with Gasteiger partial charge in [0.15, 0.2) is 17.1 Å². The fourth-order valence-electron chi connectivity index (χ4n) is 3.11. The Morgan fingerprint density at radius 3 is 2.44 bits per heavy atom. The van der Waals surface area contributed by atoms with E-state index in [1.807, 2.05) is 60.9 Å². The average Bonchev–Trinajstić information content (AvgIpc) is 3.20. The molecule has 0 saturated carbocycles. The first-order valence-corrected chi connectivity index (χ1v) is 12.0. The monoisotopic (exact) mass is 518 g/mol. The Labute approximate surface area is 201 Å². The number of rotatable bonds is 9. The summed E-state index contributed by atoms with van der Waals surface area (Å²) in [5.74, 6) is 2.33. The van der Waals surface area contributed by atoms with Gasteiger partial charge in [-0.05, 0) is 75.7 Å². The van der Waals surface area contributed by atoms with Gasteiger partial charge in [-0.25, -0.2) is 0 Å². The number of methoxy groups -OCH3 is 1. The molecule has 1 N–H and O–H groups in total. The maximum Gasteiger partial charge on any atom is 0.234 e. The molecule has 1 atom stereocenters. The molecule has 9 heteroatoms. The molecule has 0 saturated heterocycles. The Bertz CT molecular complexity index is 1070. The predicted octanol–water partition coefficient (Wildman–Crippen LogP) is 5.81. The Morgan fingerprint density at radius 1 is 1.12 bits per heavy atom. The standard InChI is InChI=1S/C23H27BrN4O3S/c1-14(2)28-22(16(4)31-19-9-7-18(30-5)8-10-19)26-27-23(28)32-13-21(29)25-17-6-11-20(24)15(3)12-17/h6-12,14,16H,13H2,1-5H3,(H,25,29). The normalized spacial score (nSPS) is 12.0. The van der Waals surface area contributed by atoms with Crippen molar-refractivity contribution in [2.24, 2.45) is 0 Å². The van der Waals surface area contributed by atoms with E-state index in [-0.39, 0.29) is 23.8 Å². The zero-order valence-electron chi connectivity index (χ0n) is 18.8. The summed E-state index contributed by atoms with van der Waals surface area (Å²) in [6.45, 7) is 8.03. The number of hydrogen-bond acceptors (Lipinski definition) is 6. The lowest BCUT2D eigenvalue weighted by molar-refractivity contribution is -0.113. The summed E-state index contributed by atoms with van der Waals surface area (Å²) in [4.78, 5) is 12.5. The lowest BCUT2D eigenvalue weighted by atomic mass is 10.2. The number of aromatic nitrogens is 3. The molecule has 3 rings (SSSR count). The highest BCUT2D eigenvalue weighted by Crippen LogP contribution is 2.28. The quantitative estimate of drug-likeness (QED) is 0.360. The van der Waals surface area contributed by atoms with Crippen molar-refractivity contribution in [1.82, 2.24) is 14.8 Å². The van der Waals surface area contributed by atoms with E-state index >= 15 is 0 Å². The summed E-state index contributed by atoms with van der Waals surface area (Å²) in [6, 6.07) is 13.2. The van der Waals surface area contributed by atoms with Gasteiger partial charge >= 0.3 is 0 Å². The molecule has 2 aromatic carbocycles. The predicted molar refractivity (Wildman–Crippen MR) is 131 cm³/mol. The van der Waals surface area contributed by atoms with E-state index in [0.717, 1.165) is 27.2 Å². The number of aryl methyl sites for hydroxylation is 1. The SMILES string of the molecule is COc1ccc(OC(C)c2nnc(SCC(=O)Nc3ccc(Br)c(C)c3)n2C(C)C)cc1. The van der Waals surface area contributed by atoms with E-state index in [4.69, 9.17) is 9.47 Å². The number of hydrogen-bond donors (Lipinski definition) is 1. The fourth-order valence-corrected chi connectivity index (χ4v) is 4.23. The van der Waals surface area contributed by atoms with Crippen LogP contribution in [0.2, 0.25) is 0 Å². The third kappa shape index (κ3) is 6.04. The minimum absolute atomic E-state index is 0.0980. The lowest BCUT2D eigenvalue weighted by Crippen LogP contribution is -2.16. The van der Waals surface area contributed by atoms with Crippen LogP contribution in [0.5, 0.6) is 11.5 Å². The third-order valence-electron chi connectivity index (χ3n) is 4.72. The van der Waals surface area contributed by atoms with E-state index < -0.39 is 0 Å². The molecule has 0 fully saturated rings. The molecular weight excluding hydrogens is 492 g/mol. The Hall–Kier alpha value is -2.52. The summed E-state index contributed by atoms with van der Waals surface area (Å²) in [7, 11) is 1.63. The smallest absolute Gasteiger partial charge is 0.234 e. The zero-order chi connectivity index (χ0) is 23.3. The van der Waals surface area contributed by atoms with Crippen LogP contribution in [0, 0.1) is 6.92 Å². The number of carbonyl (C=O) groups is 1. The molecule has 7 nitrogen and oxygen atoms in total. The van der Waals surface area contributed by atoms with Crippen LogP contribution >= 0.6 is 27.7 Å². The Morgan fingerprint density at radius 2 is 1.81 bits per heavy atom. The molecule has 0 spiro atoms. The van der Waals surface area contributed by atoms with Gasteiger partial charge in [0.05, 0.1) is 12.9 Å². The summed E-state index contributed by atoms with van der Waals surface area (Å²) in [5.41, 5.74) is 1.83. The molecule has 32 heavy (non-hydrogen) atoms. The van der Waals surface area contributed by atoms with Gasteiger partial charge < -0.3 is 19.4 Å². The Balaban J connectivity index is 1.66. The van der Waals surface area contributed by atoms with Crippen molar-refractivity contribution >= 4 is 39.3 Å². The van der Waals surface area contributed by atoms with Crippen LogP contribution in [0.25, 0.3) is 0 Å². The van der Waals surface area contributed by atoms with Gasteiger partial charge in [0.1, 0.15) is 11.5 Å². The molecule has 0 bridgehead atoms. The molecule has 0 aliphatic rings. The first kappa shape index (κ1) is 24.1. The number of anilines is 1. The molecule has 1 amide bonds. The van der Waals surface area contributed by atoms with E-state index in [1.54, 1.807) is 7.11 Å². The van der Waals surface area contributed by atoms with Gasteiger partial charge in [-0.1, -0.05) is 27.7 Å². The van der Waals surface area contributed by atoms with E-state index in [9.17, 15) is 4.79 Å². The highest BCUT2D eigenvalue weighted by Gasteiger charge is 2.22. The van der Waals surface area contributed by atoms with Crippen LogP contribution in [-0.4, -0.2) is 33.5 Å². The summed E-state index contributed by atoms with van der Waals surface area (Å²) in [6.07, 6.45) is -0.313. The summed E-state index contributed by atoms with van der Waals surface area (Å²) >= 11 is 4.82. The van der Waals surface area contributed by atoms with Gasteiger partial charge in [-0.2, -0.15) is 0 Å². The van der Waals surface area contributed by atoms with Gasteiger partial charge in [0, 0.05) is 16.2 Å². The molecule has 1 unspecified atom stereocenters. The second kappa shape index (κ2) is 10.9. The van der Waals surface area contributed by atoms with Crippen molar-refractivity contribution < 1.29 is 14.3 Å². The van der Waals surface area contributed by atoms with Gasteiger partial charge in [0.25, 0.3) is 0 Å². The number of nitrogens with zero attached hydrogens (tertiary/aromatic N) is 3. The summed E-state index contributed by atoms with van der Waals surface area (Å²) < 4.78 is 14.3. The number of nitrogens with one attached hydrogen (secondary N) is 1. The van der Waals surface area contributed by atoms with Crippen LogP contribution in [0.4, 0.5) is 5.69 Å². The number of thioether (sulfide) groups is 1. The number of carbonyl (C=O) groups excluding carboxylic acids is 1. The average molecular weight is 519 g/mol. The van der Waals surface area contributed by atoms with Crippen LogP contribution in [0.15, 0.2) is 52.1 Å². The van der Waals surface area contributed by atoms with Crippen LogP contribution in [0.3, 0.4) is 0 Å². The Kier molecular flexibility index (Phi) is 8.20. The van der Waals surface area contributed by atoms with Gasteiger partial charge in [0.2, 0.25) is 5.91 Å². The molecule has 1 heterocycles. The van der Waals surface area contributed by atoms with Gasteiger partial charge in [-0.15, -0.1) is 10.2 Å². The van der Waals surface area contributed by atoms with Gasteiger partial charge in [-0.3, -0.25) is 4.79 Å². The zero-order valence-corrected chi connectivity index (χ0v) is 21.2. The lowest BCUT2D eigenvalue weighted by Gasteiger charge is -2.19. The van der Waals surface area contributed by atoms with Crippen molar-refractivity contribution in [3.05, 3.63) is 58.3 Å². The molecule has 0 aliphatic heterocycles. The minimum atomic E-state index is -0.313. The maximum atomic E-state index is 12.5. The molecule has 170 valence electrons. The second-order valence-electron chi connectivity index (χ2n) is 7.54. The van der Waals surface area contributed by atoms with E-state index in [0.29, 0.717) is 11.0 Å². The number of benzene rings is 2. The first-order valence-electron chi connectivity index (χ1n) is 10.2. The number of amides is 1. The molecule has 3 aromatic rings. The van der Waals surface area contributed by atoms with Crippen molar-refractivity contribution in [1.29, 1.82) is 0 Å². The van der Waals surface area contributed by atoms with Crippen LogP contribution in [-0.2, 0) is 4.79 Å². The van der Waals surface area contributed by atoms with Crippen molar-refractivity contribution in [2.45, 2.75) is 45.0 Å². The number of halogens is 1. The highest BCUT2D eigenvalue weighted by atomic mass is 79.9. The fraction of sp³-hybridized carbons (Fsp3) is 0.348. The van der Waals surface area contributed by atoms with Crippen molar-refractivity contribution in [2.75, 3.05) is 18.2 Å². The van der Waals surface area contributed by atoms with E-state index in [2.05, 4.69) is 45.3 Å². The van der Waals surface area contributed by atoms with Crippen molar-refractivity contribution in [3.63, 3.8) is 0 Å².